The second-order valence-electron chi connectivity index (χ2n) is 4.24. The maximum absolute atomic E-state index is 6.00. The fourth-order valence-electron chi connectivity index (χ4n) is 1.76. The normalized spacial score (nSPS) is 15.1. The van der Waals surface area contributed by atoms with Gasteiger partial charge < -0.3 is 5.73 Å². The van der Waals surface area contributed by atoms with Crippen LogP contribution in [0.25, 0.3) is 0 Å². The molecule has 0 radical (unpaired) electrons. The molecule has 1 rings (SSSR count). The van der Waals surface area contributed by atoms with E-state index in [4.69, 9.17) is 5.73 Å². The summed E-state index contributed by atoms with van der Waals surface area (Å²) in [4.78, 5) is 0. The van der Waals surface area contributed by atoms with Crippen LogP contribution in [0.1, 0.15) is 31.4 Å². The molecule has 0 aromatic heterocycles. The highest BCUT2D eigenvalue weighted by Gasteiger charge is 2.10. The molecular formula is C13H21N. The van der Waals surface area contributed by atoms with E-state index in [-0.39, 0.29) is 0 Å². The van der Waals surface area contributed by atoms with Crippen molar-refractivity contribution in [3.63, 3.8) is 0 Å². The lowest BCUT2D eigenvalue weighted by Crippen LogP contribution is -2.28. The third-order valence-corrected chi connectivity index (χ3v) is 2.84. The molecule has 0 saturated carbocycles. The molecule has 0 aliphatic rings. The van der Waals surface area contributed by atoms with Gasteiger partial charge >= 0.3 is 0 Å². The van der Waals surface area contributed by atoms with Gasteiger partial charge in [-0.3, -0.25) is 0 Å². The van der Waals surface area contributed by atoms with Crippen molar-refractivity contribution in [2.24, 2.45) is 11.7 Å². The Morgan fingerprint density at radius 3 is 2.64 bits per heavy atom. The molecule has 1 aromatic carbocycles. The average molecular weight is 191 g/mol. The molecule has 0 amide bonds. The monoisotopic (exact) mass is 191 g/mol. The SMILES string of the molecule is CCC(N)C(C)Cc1cccc(C)c1. The number of hydrogen-bond donors (Lipinski definition) is 1. The molecule has 2 N–H and O–H groups in total. The van der Waals surface area contributed by atoms with Crippen molar-refractivity contribution in [2.75, 3.05) is 0 Å². The highest BCUT2D eigenvalue weighted by Crippen LogP contribution is 2.13. The molecular weight excluding hydrogens is 170 g/mol. The molecule has 0 bridgehead atoms. The zero-order valence-corrected chi connectivity index (χ0v) is 9.46. The van der Waals surface area contributed by atoms with Crippen molar-refractivity contribution in [2.45, 2.75) is 39.7 Å². The number of nitrogens with two attached hydrogens (primary N) is 1. The molecule has 14 heavy (non-hydrogen) atoms. The molecule has 0 fully saturated rings. The molecule has 2 atom stereocenters. The summed E-state index contributed by atoms with van der Waals surface area (Å²) in [5, 5.41) is 0. The van der Waals surface area contributed by atoms with Crippen LogP contribution >= 0.6 is 0 Å². The van der Waals surface area contributed by atoms with Crippen LogP contribution in [0.2, 0.25) is 0 Å². The van der Waals surface area contributed by atoms with E-state index in [2.05, 4.69) is 45.0 Å². The van der Waals surface area contributed by atoms with Crippen LogP contribution < -0.4 is 5.73 Å². The molecule has 1 nitrogen and oxygen atoms in total. The number of aryl methyl sites for hydroxylation is 1. The van der Waals surface area contributed by atoms with E-state index in [0.717, 1.165) is 12.8 Å². The minimum Gasteiger partial charge on any atom is -0.327 e. The lowest BCUT2D eigenvalue weighted by molar-refractivity contribution is 0.442. The lowest BCUT2D eigenvalue weighted by Gasteiger charge is -2.18. The molecule has 0 spiro atoms. The first kappa shape index (κ1) is 11.3. The highest BCUT2D eigenvalue weighted by atomic mass is 14.6. The Kier molecular flexibility index (Phi) is 4.15. The highest BCUT2D eigenvalue weighted by molar-refractivity contribution is 5.22. The third kappa shape index (κ3) is 3.15. The molecule has 78 valence electrons. The van der Waals surface area contributed by atoms with E-state index in [9.17, 15) is 0 Å². The maximum atomic E-state index is 6.00. The smallest absolute Gasteiger partial charge is 0.00650 e. The van der Waals surface area contributed by atoms with Gasteiger partial charge in [-0.2, -0.15) is 0 Å². The molecule has 0 aliphatic heterocycles. The zero-order chi connectivity index (χ0) is 10.6. The second kappa shape index (κ2) is 5.16. The van der Waals surface area contributed by atoms with Crippen molar-refractivity contribution >= 4 is 0 Å². The quantitative estimate of drug-likeness (QED) is 0.778. The second-order valence-corrected chi connectivity index (χ2v) is 4.24. The summed E-state index contributed by atoms with van der Waals surface area (Å²) < 4.78 is 0. The van der Waals surface area contributed by atoms with E-state index in [1.807, 2.05) is 0 Å². The van der Waals surface area contributed by atoms with Gasteiger partial charge in [0.05, 0.1) is 0 Å². The summed E-state index contributed by atoms with van der Waals surface area (Å²) >= 11 is 0. The van der Waals surface area contributed by atoms with E-state index in [1.54, 1.807) is 0 Å². The Morgan fingerprint density at radius 2 is 2.07 bits per heavy atom. The summed E-state index contributed by atoms with van der Waals surface area (Å²) in [5.41, 5.74) is 8.74. The van der Waals surface area contributed by atoms with Crippen LogP contribution in [-0.4, -0.2) is 6.04 Å². The van der Waals surface area contributed by atoms with Gasteiger partial charge in [-0.1, -0.05) is 43.7 Å². The number of rotatable bonds is 4. The van der Waals surface area contributed by atoms with Crippen molar-refractivity contribution < 1.29 is 0 Å². The third-order valence-electron chi connectivity index (χ3n) is 2.84. The van der Waals surface area contributed by atoms with E-state index in [1.165, 1.54) is 11.1 Å². The minimum absolute atomic E-state index is 0.329. The summed E-state index contributed by atoms with van der Waals surface area (Å²) in [5.74, 6) is 0.571. The Bertz CT molecular complexity index is 280. The van der Waals surface area contributed by atoms with Gasteiger partial charge in [-0.15, -0.1) is 0 Å². The van der Waals surface area contributed by atoms with Crippen LogP contribution in [0, 0.1) is 12.8 Å². The van der Waals surface area contributed by atoms with Gasteiger partial charge in [-0.05, 0) is 31.2 Å². The zero-order valence-electron chi connectivity index (χ0n) is 9.46. The summed E-state index contributed by atoms with van der Waals surface area (Å²) in [6.07, 6.45) is 2.16. The fraction of sp³-hybridized carbons (Fsp3) is 0.538. The molecule has 1 aromatic rings. The standard InChI is InChI=1S/C13H21N/c1-4-13(14)11(3)9-12-7-5-6-10(2)8-12/h5-8,11,13H,4,9,14H2,1-3H3. The average Bonchev–Trinajstić information content (AvgIpc) is 2.16. The van der Waals surface area contributed by atoms with Crippen molar-refractivity contribution in [3.8, 4) is 0 Å². The molecule has 1 heteroatoms. The maximum Gasteiger partial charge on any atom is 0.00650 e. The fourth-order valence-corrected chi connectivity index (χ4v) is 1.76. The van der Waals surface area contributed by atoms with Crippen molar-refractivity contribution in [1.82, 2.24) is 0 Å². The van der Waals surface area contributed by atoms with E-state index in [0.29, 0.717) is 12.0 Å². The Hall–Kier alpha value is -0.820. The summed E-state index contributed by atoms with van der Waals surface area (Å²) in [7, 11) is 0. The Balaban J connectivity index is 2.60. The van der Waals surface area contributed by atoms with Crippen LogP contribution in [0.3, 0.4) is 0 Å². The van der Waals surface area contributed by atoms with Gasteiger partial charge in [0.2, 0.25) is 0 Å². The lowest BCUT2D eigenvalue weighted by atomic mass is 9.92. The largest absolute Gasteiger partial charge is 0.327 e. The van der Waals surface area contributed by atoms with E-state index >= 15 is 0 Å². The van der Waals surface area contributed by atoms with Crippen LogP contribution in [0.15, 0.2) is 24.3 Å². The van der Waals surface area contributed by atoms with Gasteiger partial charge in [0.15, 0.2) is 0 Å². The summed E-state index contributed by atoms with van der Waals surface area (Å²) in [6, 6.07) is 9.02. The Morgan fingerprint density at radius 1 is 1.36 bits per heavy atom. The first-order valence-electron chi connectivity index (χ1n) is 5.44. The molecule has 2 unspecified atom stereocenters. The summed E-state index contributed by atoms with van der Waals surface area (Å²) in [6.45, 7) is 6.52. The molecule has 0 saturated heterocycles. The van der Waals surface area contributed by atoms with Crippen LogP contribution in [0.5, 0.6) is 0 Å². The Labute approximate surface area is 87.3 Å². The molecule has 0 aliphatic carbocycles. The van der Waals surface area contributed by atoms with Gasteiger partial charge in [0.1, 0.15) is 0 Å². The minimum atomic E-state index is 0.329. The predicted octanol–water partition coefficient (Wildman–Crippen LogP) is 2.91. The van der Waals surface area contributed by atoms with Crippen LogP contribution in [0.4, 0.5) is 0 Å². The predicted molar refractivity (Wildman–Crippen MR) is 62.3 cm³/mol. The number of hydrogen-bond acceptors (Lipinski definition) is 1. The van der Waals surface area contributed by atoms with Crippen molar-refractivity contribution in [3.05, 3.63) is 35.4 Å². The number of benzene rings is 1. The van der Waals surface area contributed by atoms with E-state index < -0.39 is 0 Å². The van der Waals surface area contributed by atoms with Crippen molar-refractivity contribution in [1.29, 1.82) is 0 Å². The first-order chi connectivity index (χ1) is 6.63. The van der Waals surface area contributed by atoms with Crippen LogP contribution in [-0.2, 0) is 6.42 Å². The topological polar surface area (TPSA) is 26.0 Å². The molecule has 0 heterocycles. The van der Waals surface area contributed by atoms with Gasteiger partial charge in [-0.25, -0.2) is 0 Å². The van der Waals surface area contributed by atoms with Gasteiger partial charge in [0, 0.05) is 6.04 Å². The van der Waals surface area contributed by atoms with Gasteiger partial charge in [0.25, 0.3) is 0 Å². The first-order valence-corrected chi connectivity index (χ1v) is 5.44.